The van der Waals surface area contributed by atoms with Crippen molar-refractivity contribution in [3.63, 3.8) is 0 Å². The maximum absolute atomic E-state index is 5.34. The molecule has 4 rings (SSSR count). The molecule has 0 aliphatic carbocycles. The zero-order valence-corrected chi connectivity index (χ0v) is 10.6. The number of H-pyrrole nitrogens is 1. The molecule has 0 saturated heterocycles. The monoisotopic (exact) mass is 268 g/mol. The summed E-state index contributed by atoms with van der Waals surface area (Å²) in [4.78, 5) is 4.39. The van der Waals surface area contributed by atoms with Crippen molar-refractivity contribution in [3.8, 4) is 11.5 Å². The van der Waals surface area contributed by atoms with Gasteiger partial charge in [-0.25, -0.2) is 0 Å². The van der Waals surface area contributed by atoms with Gasteiger partial charge in [0.1, 0.15) is 0 Å². The first kappa shape index (κ1) is 11.3. The molecule has 2 aromatic heterocycles. The standard InChI is InChI=1S/C13H12N6O/c1-2-4-9-6-14-10(5-8(9)3-1)13-16-12(18-20-13)11-7-15-19-17-11/h1-4,7,10,14H,5-6H2,(H,15,17,19)/t10-/m1/s1. The van der Waals surface area contributed by atoms with Crippen LogP contribution < -0.4 is 5.32 Å². The Hall–Kier alpha value is -2.54. The van der Waals surface area contributed by atoms with Crippen LogP contribution in [0.1, 0.15) is 23.1 Å². The summed E-state index contributed by atoms with van der Waals surface area (Å²) >= 11 is 0. The minimum atomic E-state index is 0.0399. The Morgan fingerprint density at radius 2 is 2.10 bits per heavy atom. The van der Waals surface area contributed by atoms with Crippen molar-refractivity contribution in [2.75, 3.05) is 0 Å². The first-order valence-electron chi connectivity index (χ1n) is 6.40. The van der Waals surface area contributed by atoms with E-state index in [4.69, 9.17) is 4.52 Å². The van der Waals surface area contributed by atoms with E-state index in [0.717, 1.165) is 13.0 Å². The highest BCUT2D eigenvalue weighted by atomic mass is 16.5. The molecular formula is C13H12N6O. The molecule has 0 saturated carbocycles. The second-order valence-electron chi connectivity index (χ2n) is 4.72. The summed E-state index contributed by atoms with van der Waals surface area (Å²) in [6, 6.07) is 8.41. The third-order valence-electron chi connectivity index (χ3n) is 3.47. The Kier molecular flexibility index (Phi) is 2.56. The van der Waals surface area contributed by atoms with Crippen molar-refractivity contribution in [2.45, 2.75) is 19.0 Å². The molecule has 0 radical (unpaired) electrons. The Bertz CT molecular complexity index is 720. The number of nitrogens with one attached hydrogen (secondary N) is 2. The largest absolute Gasteiger partial charge is 0.337 e. The van der Waals surface area contributed by atoms with E-state index in [2.05, 4.69) is 55.1 Å². The van der Waals surface area contributed by atoms with Crippen LogP contribution in [0.15, 0.2) is 35.0 Å². The maximum Gasteiger partial charge on any atom is 0.244 e. The van der Waals surface area contributed by atoms with Crippen molar-refractivity contribution in [1.82, 2.24) is 30.9 Å². The fourth-order valence-electron chi connectivity index (χ4n) is 2.42. The van der Waals surface area contributed by atoms with E-state index in [1.807, 2.05) is 0 Å². The minimum Gasteiger partial charge on any atom is -0.337 e. The molecule has 7 heteroatoms. The number of aromatic nitrogens is 5. The molecule has 1 aromatic carbocycles. The van der Waals surface area contributed by atoms with Crippen molar-refractivity contribution in [2.24, 2.45) is 0 Å². The third kappa shape index (κ3) is 1.88. The van der Waals surface area contributed by atoms with Crippen molar-refractivity contribution in [3.05, 3.63) is 47.5 Å². The van der Waals surface area contributed by atoms with Crippen LogP contribution >= 0.6 is 0 Å². The van der Waals surface area contributed by atoms with E-state index in [0.29, 0.717) is 17.4 Å². The first-order chi connectivity index (χ1) is 9.90. The van der Waals surface area contributed by atoms with Crippen molar-refractivity contribution < 1.29 is 4.52 Å². The lowest BCUT2D eigenvalue weighted by molar-refractivity contribution is 0.321. The van der Waals surface area contributed by atoms with Gasteiger partial charge < -0.3 is 9.84 Å². The average molecular weight is 268 g/mol. The van der Waals surface area contributed by atoms with Gasteiger partial charge in [0.2, 0.25) is 11.7 Å². The molecule has 3 aromatic rings. The highest BCUT2D eigenvalue weighted by Gasteiger charge is 2.24. The Morgan fingerprint density at radius 3 is 2.95 bits per heavy atom. The van der Waals surface area contributed by atoms with E-state index >= 15 is 0 Å². The molecule has 3 heterocycles. The zero-order chi connectivity index (χ0) is 13.4. The summed E-state index contributed by atoms with van der Waals surface area (Å²) < 4.78 is 5.34. The summed E-state index contributed by atoms with van der Waals surface area (Å²) in [5.41, 5.74) is 3.22. The number of nitrogens with zero attached hydrogens (tertiary/aromatic N) is 4. The SMILES string of the molecule is c1ccc2c(c1)CN[C@@H](c1nc(-c3cn[nH]n3)no1)C2. The number of hydrogen-bond donors (Lipinski definition) is 2. The summed E-state index contributed by atoms with van der Waals surface area (Å²) in [7, 11) is 0. The van der Waals surface area contributed by atoms with E-state index in [1.54, 1.807) is 6.20 Å². The van der Waals surface area contributed by atoms with Gasteiger partial charge in [-0.15, -0.1) is 0 Å². The van der Waals surface area contributed by atoms with E-state index in [1.165, 1.54) is 11.1 Å². The molecule has 100 valence electrons. The number of benzene rings is 1. The van der Waals surface area contributed by atoms with Gasteiger partial charge in [-0.1, -0.05) is 29.4 Å². The van der Waals surface area contributed by atoms with Gasteiger partial charge in [-0.3, -0.25) is 0 Å². The number of fused-ring (bicyclic) bond motifs is 1. The highest BCUT2D eigenvalue weighted by molar-refractivity contribution is 5.45. The Morgan fingerprint density at radius 1 is 1.20 bits per heavy atom. The van der Waals surface area contributed by atoms with E-state index in [-0.39, 0.29) is 6.04 Å². The first-order valence-corrected chi connectivity index (χ1v) is 6.40. The normalized spacial score (nSPS) is 17.9. The molecular weight excluding hydrogens is 256 g/mol. The predicted octanol–water partition coefficient (Wildman–Crippen LogP) is 1.24. The maximum atomic E-state index is 5.34. The summed E-state index contributed by atoms with van der Waals surface area (Å²) in [5, 5.41) is 17.6. The topological polar surface area (TPSA) is 92.5 Å². The van der Waals surface area contributed by atoms with Crippen LogP contribution in [0.5, 0.6) is 0 Å². The Labute approximate surface area is 114 Å². The third-order valence-corrected chi connectivity index (χ3v) is 3.47. The van der Waals surface area contributed by atoms with Crippen LogP contribution in [0.25, 0.3) is 11.5 Å². The fourth-order valence-corrected chi connectivity index (χ4v) is 2.42. The minimum absolute atomic E-state index is 0.0399. The molecule has 0 spiro atoms. The molecule has 7 nitrogen and oxygen atoms in total. The molecule has 20 heavy (non-hydrogen) atoms. The van der Waals surface area contributed by atoms with Crippen LogP contribution in [0.3, 0.4) is 0 Å². The van der Waals surface area contributed by atoms with Crippen molar-refractivity contribution in [1.29, 1.82) is 0 Å². The van der Waals surface area contributed by atoms with Gasteiger partial charge in [0.05, 0.1) is 12.2 Å². The molecule has 1 aliphatic heterocycles. The van der Waals surface area contributed by atoms with Crippen LogP contribution in [-0.2, 0) is 13.0 Å². The number of hydrogen-bond acceptors (Lipinski definition) is 6. The molecule has 0 amide bonds. The van der Waals surface area contributed by atoms with Crippen LogP contribution in [0.2, 0.25) is 0 Å². The summed E-state index contributed by atoms with van der Waals surface area (Å²) in [6.45, 7) is 0.808. The fraction of sp³-hybridized carbons (Fsp3) is 0.231. The lowest BCUT2D eigenvalue weighted by Gasteiger charge is -2.23. The van der Waals surface area contributed by atoms with Crippen LogP contribution in [-0.4, -0.2) is 25.6 Å². The predicted molar refractivity (Wildman–Crippen MR) is 69.4 cm³/mol. The number of aromatic amines is 1. The van der Waals surface area contributed by atoms with Gasteiger partial charge >= 0.3 is 0 Å². The molecule has 0 bridgehead atoms. The van der Waals surface area contributed by atoms with Gasteiger partial charge in [-0.05, 0) is 17.5 Å². The van der Waals surface area contributed by atoms with Crippen molar-refractivity contribution >= 4 is 0 Å². The van der Waals surface area contributed by atoms with Gasteiger partial charge in [0, 0.05) is 6.54 Å². The second kappa shape index (κ2) is 4.53. The lowest BCUT2D eigenvalue weighted by Crippen LogP contribution is -2.28. The molecule has 1 aliphatic rings. The number of rotatable bonds is 2. The zero-order valence-electron chi connectivity index (χ0n) is 10.6. The van der Waals surface area contributed by atoms with Crippen LogP contribution in [0.4, 0.5) is 0 Å². The smallest absolute Gasteiger partial charge is 0.244 e. The molecule has 1 atom stereocenters. The Balaban J connectivity index is 1.60. The van der Waals surface area contributed by atoms with Crippen LogP contribution in [0, 0.1) is 0 Å². The van der Waals surface area contributed by atoms with Gasteiger partial charge in [0.15, 0.2) is 5.69 Å². The van der Waals surface area contributed by atoms with Gasteiger partial charge in [0.25, 0.3) is 0 Å². The summed E-state index contributed by atoms with van der Waals surface area (Å²) in [6.07, 6.45) is 2.41. The van der Waals surface area contributed by atoms with Gasteiger partial charge in [-0.2, -0.15) is 20.4 Å². The quantitative estimate of drug-likeness (QED) is 0.726. The molecule has 0 fully saturated rings. The summed E-state index contributed by atoms with van der Waals surface area (Å²) in [5.74, 6) is 1.03. The molecule has 2 N–H and O–H groups in total. The van der Waals surface area contributed by atoms with E-state index in [9.17, 15) is 0 Å². The van der Waals surface area contributed by atoms with E-state index < -0.39 is 0 Å². The lowest BCUT2D eigenvalue weighted by atomic mass is 9.96. The highest BCUT2D eigenvalue weighted by Crippen LogP contribution is 2.25. The average Bonchev–Trinajstić information content (AvgIpc) is 3.17. The second-order valence-corrected chi connectivity index (χ2v) is 4.72. The molecule has 0 unspecified atom stereocenters.